The lowest BCUT2D eigenvalue weighted by Gasteiger charge is -2.34. The minimum absolute atomic E-state index is 0.0775. The monoisotopic (exact) mass is 304 g/mol. The van der Waals surface area contributed by atoms with E-state index in [9.17, 15) is 4.79 Å². The number of hydrogen-bond acceptors (Lipinski definition) is 5. The molecule has 5 heteroatoms. The van der Waals surface area contributed by atoms with Crippen LogP contribution in [0.4, 0.5) is 0 Å². The van der Waals surface area contributed by atoms with Crippen LogP contribution in [0.1, 0.15) is 67.7 Å². The van der Waals surface area contributed by atoms with Crippen LogP contribution in [0.5, 0.6) is 0 Å². The highest BCUT2D eigenvalue weighted by Gasteiger charge is 2.31. The molecule has 1 N–H and O–H groups in total. The van der Waals surface area contributed by atoms with Gasteiger partial charge in [0.05, 0.1) is 6.10 Å². The van der Waals surface area contributed by atoms with E-state index in [2.05, 4.69) is 35.4 Å². The Balaban J connectivity index is 0.000000400. The second kappa shape index (κ2) is 9.38. The Bertz CT molecular complexity index is 296. The third-order valence-corrected chi connectivity index (χ3v) is 3.51. The SMILES string of the molecule is CC(=O)OOC(C)(C)C.CC1CCC(C(C)C)C(OO)C1. The molecule has 1 aliphatic carbocycles. The lowest BCUT2D eigenvalue weighted by Crippen LogP contribution is -2.33. The van der Waals surface area contributed by atoms with E-state index in [0.29, 0.717) is 17.8 Å². The first-order valence-electron chi connectivity index (χ1n) is 7.73. The van der Waals surface area contributed by atoms with Gasteiger partial charge in [-0.05, 0) is 51.4 Å². The highest BCUT2D eigenvalue weighted by atomic mass is 17.2. The van der Waals surface area contributed by atoms with Crippen molar-refractivity contribution in [3.05, 3.63) is 0 Å². The predicted octanol–water partition coefficient (Wildman–Crippen LogP) is 4.22. The van der Waals surface area contributed by atoms with Crippen LogP contribution in [-0.4, -0.2) is 22.9 Å². The summed E-state index contributed by atoms with van der Waals surface area (Å²) in [6.07, 6.45) is 3.57. The summed E-state index contributed by atoms with van der Waals surface area (Å²) in [5.74, 6) is 1.45. The largest absolute Gasteiger partial charge is 0.339 e. The van der Waals surface area contributed by atoms with Gasteiger partial charge in [0.15, 0.2) is 0 Å². The minimum Gasteiger partial charge on any atom is -0.298 e. The lowest BCUT2D eigenvalue weighted by molar-refractivity contribution is -0.318. The van der Waals surface area contributed by atoms with E-state index in [1.807, 2.05) is 0 Å². The Morgan fingerprint density at radius 1 is 1.24 bits per heavy atom. The van der Waals surface area contributed by atoms with Crippen LogP contribution >= 0.6 is 0 Å². The molecule has 3 atom stereocenters. The second-order valence-corrected chi connectivity index (χ2v) is 7.24. The minimum atomic E-state index is -0.426. The van der Waals surface area contributed by atoms with E-state index >= 15 is 0 Å². The van der Waals surface area contributed by atoms with Crippen molar-refractivity contribution in [3.63, 3.8) is 0 Å². The summed E-state index contributed by atoms with van der Waals surface area (Å²) in [5.41, 5.74) is -0.411. The first kappa shape index (κ1) is 20.3. The number of hydrogen-bond donors (Lipinski definition) is 1. The van der Waals surface area contributed by atoms with Crippen LogP contribution < -0.4 is 0 Å². The van der Waals surface area contributed by atoms with Crippen LogP contribution in [0.25, 0.3) is 0 Å². The van der Waals surface area contributed by atoms with Crippen molar-refractivity contribution in [1.82, 2.24) is 0 Å². The van der Waals surface area contributed by atoms with Crippen molar-refractivity contribution < 1.29 is 24.7 Å². The average molecular weight is 304 g/mol. The quantitative estimate of drug-likeness (QED) is 0.625. The van der Waals surface area contributed by atoms with Gasteiger partial charge in [0, 0.05) is 6.92 Å². The zero-order valence-corrected chi connectivity index (χ0v) is 14.5. The summed E-state index contributed by atoms with van der Waals surface area (Å²) in [6, 6.07) is 0. The molecule has 0 radical (unpaired) electrons. The fourth-order valence-electron chi connectivity index (χ4n) is 2.42. The fraction of sp³-hybridized carbons (Fsp3) is 0.938. The van der Waals surface area contributed by atoms with Gasteiger partial charge in [-0.2, -0.15) is 4.89 Å². The molecule has 0 heterocycles. The van der Waals surface area contributed by atoms with Gasteiger partial charge in [-0.25, -0.2) is 9.68 Å². The van der Waals surface area contributed by atoms with Crippen LogP contribution in [-0.2, 0) is 19.5 Å². The third-order valence-electron chi connectivity index (χ3n) is 3.51. The molecule has 0 amide bonds. The smallest absolute Gasteiger partial charge is 0.298 e. The number of carbonyl (C=O) groups excluding carboxylic acids is 1. The maximum absolute atomic E-state index is 10.1. The molecule has 0 aromatic heterocycles. The van der Waals surface area contributed by atoms with E-state index in [4.69, 9.17) is 5.26 Å². The van der Waals surface area contributed by atoms with Gasteiger partial charge in [-0.15, -0.1) is 0 Å². The van der Waals surface area contributed by atoms with Gasteiger partial charge >= 0.3 is 5.97 Å². The Morgan fingerprint density at radius 3 is 2.14 bits per heavy atom. The van der Waals surface area contributed by atoms with Crippen molar-refractivity contribution in [1.29, 1.82) is 0 Å². The van der Waals surface area contributed by atoms with E-state index in [-0.39, 0.29) is 6.10 Å². The second-order valence-electron chi connectivity index (χ2n) is 7.24. The first-order valence-corrected chi connectivity index (χ1v) is 7.73. The average Bonchev–Trinajstić information content (AvgIpc) is 2.35. The Morgan fingerprint density at radius 2 is 1.81 bits per heavy atom. The summed E-state index contributed by atoms with van der Waals surface area (Å²) in [5, 5.41) is 8.73. The normalized spacial score (nSPS) is 26.0. The Labute approximate surface area is 128 Å². The fourth-order valence-corrected chi connectivity index (χ4v) is 2.42. The molecular weight excluding hydrogens is 272 g/mol. The molecular formula is C16H32O5. The predicted molar refractivity (Wildman–Crippen MR) is 81.4 cm³/mol. The van der Waals surface area contributed by atoms with E-state index in [0.717, 1.165) is 6.42 Å². The summed E-state index contributed by atoms with van der Waals surface area (Å²) in [7, 11) is 0. The zero-order valence-electron chi connectivity index (χ0n) is 14.5. The highest BCUT2D eigenvalue weighted by molar-refractivity contribution is 5.65. The molecule has 0 spiro atoms. The molecule has 0 aliphatic heterocycles. The van der Waals surface area contributed by atoms with Crippen LogP contribution in [0.2, 0.25) is 0 Å². The summed E-state index contributed by atoms with van der Waals surface area (Å²) in [6.45, 7) is 13.3. The molecule has 1 fully saturated rings. The van der Waals surface area contributed by atoms with Gasteiger partial charge in [0.2, 0.25) is 0 Å². The molecule has 1 rings (SSSR count). The van der Waals surface area contributed by atoms with Gasteiger partial charge < -0.3 is 0 Å². The molecule has 126 valence electrons. The van der Waals surface area contributed by atoms with E-state index < -0.39 is 11.6 Å². The number of rotatable bonds is 3. The lowest BCUT2D eigenvalue weighted by atomic mass is 9.75. The van der Waals surface area contributed by atoms with Crippen LogP contribution in [0.3, 0.4) is 0 Å². The van der Waals surface area contributed by atoms with Gasteiger partial charge in [0.1, 0.15) is 5.60 Å². The Hall–Kier alpha value is -0.650. The van der Waals surface area contributed by atoms with E-state index in [1.54, 1.807) is 20.8 Å². The topological polar surface area (TPSA) is 65.0 Å². The summed E-state index contributed by atoms with van der Waals surface area (Å²) >= 11 is 0. The molecule has 0 bridgehead atoms. The summed E-state index contributed by atoms with van der Waals surface area (Å²) in [4.78, 5) is 23.6. The van der Waals surface area contributed by atoms with Crippen molar-refractivity contribution in [2.75, 3.05) is 0 Å². The third kappa shape index (κ3) is 9.82. The zero-order chi connectivity index (χ0) is 16.6. The maximum Gasteiger partial charge on any atom is 0.339 e. The van der Waals surface area contributed by atoms with Crippen molar-refractivity contribution in [3.8, 4) is 0 Å². The molecule has 0 aromatic carbocycles. The molecule has 21 heavy (non-hydrogen) atoms. The molecule has 1 aliphatic rings. The van der Waals surface area contributed by atoms with Gasteiger partial charge in [-0.1, -0.05) is 27.2 Å². The van der Waals surface area contributed by atoms with Crippen LogP contribution in [0, 0.1) is 17.8 Å². The molecule has 0 aromatic rings. The number of carbonyl (C=O) groups is 1. The van der Waals surface area contributed by atoms with Crippen molar-refractivity contribution in [2.24, 2.45) is 17.8 Å². The standard InChI is InChI=1S/C10H20O2.C6H12O3/c1-7(2)9-5-4-8(3)6-10(9)12-11;1-5(7)8-9-6(2,3)4/h7-11H,4-6H2,1-3H3;1-4H3. The molecule has 5 nitrogen and oxygen atoms in total. The molecule has 3 unspecified atom stereocenters. The molecule has 0 saturated heterocycles. The van der Waals surface area contributed by atoms with E-state index in [1.165, 1.54) is 19.8 Å². The first-order chi connectivity index (χ1) is 9.56. The van der Waals surface area contributed by atoms with Crippen molar-refractivity contribution in [2.45, 2.75) is 79.4 Å². The van der Waals surface area contributed by atoms with Crippen LogP contribution in [0.15, 0.2) is 0 Å². The van der Waals surface area contributed by atoms with Gasteiger partial charge in [0.25, 0.3) is 0 Å². The van der Waals surface area contributed by atoms with Gasteiger partial charge in [-0.3, -0.25) is 10.1 Å². The van der Waals surface area contributed by atoms with Crippen molar-refractivity contribution >= 4 is 5.97 Å². The Kier molecular flexibility index (Phi) is 9.09. The molecule has 1 saturated carbocycles. The maximum atomic E-state index is 10.1. The summed E-state index contributed by atoms with van der Waals surface area (Å²) < 4.78 is 0. The highest BCUT2D eigenvalue weighted by Crippen LogP contribution is 2.34.